The van der Waals surface area contributed by atoms with E-state index in [2.05, 4.69) is 25.6 Å². The summed E-state index contributed by atoms with van der Waals surface area (Å²) in [4.78, 5) is 24.5. The zero-order chi connectivity index (χ0) is 23.1. The quantitative estimate of drug-likeness (QED) is 0.601. The number of alkyl halides is 3. The third kappa shape index (κ3) is 4.49. The van der Waals surface area contributed by atoms with Gasteiger partial charge in [0.1, 0.15) is 35.3 Å². The number of nitrogens with zero attached hydrogens (tertiary/aromatic N) is 3. The highest BCUT2D eigenvalue weighted by Crippen LogP contribution is 2.43. The number of ether oxygens (including phenoxy) is 1. The minimum atomic E-state index is -4.82. The van der Waals surface area contributed by atoms with Crippen molar-refractivity contribution in [1.82, 2.24) is 9.97 Å². The fraction of sp³-hybridized carbons (Fsp3) is 0.400. The SMILES string of the molecule is C[C@]1(c2cc(NC(=O)c3cnc(NC4CC4)cn3)ccc2F)N=C(N)CO[C@H]1C(F)(F)F. The number of hydrogen-bond acceptors (Lipinski definition) is 7. The van der Waals surface area contributed by atoms with Gasteiger partial charge in [0.15, 0.2) is 6.10 Å². The molecule has 2 atom stereocenters. The van der Waals surface area contributed by atoms with Crippen LogP contribution >= 0.6 is 0 Å². The van der Waals surface area contributed by atoms with Crippen LogP contribution in [0.25, 0.3) is 0 Å². The monoisotopic (exact) mass is 452 g/mol. The van der Waals surface area contributed by atoms with Crippen molar-refractivity contribution < 1.29 is 27.1 Å². The molecule has 0 radical (unpaired) electrons. The predicted octanol–water partition coefficient (Wildman–Crippen LogP) is 2.98. The fourth-order valence-corrected chi connectivity index (χ4v) is 3.48. The molecule has 2 aromatic rings. The molecule has 2 aliphatic rings. The van der Waals surface area contributed by atoms with Crippen molar-refractivity contribution in [2.45, 2.75) is 43.6 Å². The molecule has 0 bridgehead atoms. The van der Waals surface area contributed by atoms with Gasteiger partial charge in [0, 0.05) is 17.3 Å². The van der Waals surface area contributed by atoms with E-state index in [1.165, 1.54) is 18.5 Å². The smallest absolute Gasteiger partial charge is 0.386 e. The standard InChI is InChI=1S/C20H20F4N6O2/c1-19(18(20(22,23)24)32-9-15(25)30-19)12-6-11(4-5-13(12)21)29-17(31)14-7-27-16(8-26-14)28-10-2-3-10/h4-8,10,18H,2-3,9H2,1H3,(H2,25,30)(H,27,28)(H,29,31)/t18-,19-/m1/s1. The van der Waals surface area contributed by atoms with Crippen molar-refractivity contribution in [3.05, 3.63) is 47.7 Å². The van der Waals surface area contributed by atoms with Crippen LogP contribution in [0.1, 0.15) is 35.8 Å². The number of carbonyl (C=O) groups is 1. The highest BCUT2D eigenvalue weighted by atomic mass is 19.4. The lowest BCUT2D eigenvalue weighted by Gasteiger charge is -2.39. The molecule has 4 rings (SSSR count). The first kappa shape index (κ1) is 21.9. The minimum Gasteiger partial charge on any atom is -0.386 e. The summed E-state index contributed by atoms with van der Waals surface area (Å²) in [5, 5.41) is 5.62. The first-order valence-corrected chi connectivity index (χ1v) is 9.79. The number of aliphatic imine (C=N–C) groups is 1. The van der Waals surface area contributed by atoms with Crippen LogP contribution < -0.4 is 16.4 Å². The molecule has 32 heavy (non-hydrogen) atoms. The molecule has 1 fully saturated rings. The number of halogens is 4. The number of amidine groups is 1. The Bertz CT molecular complexity index is 1060. The Labute approximate surface area is 180 Å². The second kappa shape index (κ2) is 8.01. The van der Waals surface area contributed by atoms with E-state index in [4.69, 9.17) is 10.5 Å². The molecule has 1 aromatic carbocycles. The van der Waals surface area contributed by atoms with E-state index >= 15 is 0 Å². The van der Waals surface area contributed by atoms with E-state index in [9.17, 15) is 22.4 Å². The number of rotatable bonds is 5. The summed E-state index contributed by atoms with van der Waals surface area (Å²) in [6.45, 7) is 0.556. The molecule has 0 saturated heterocycles. The number of benzene rings is 1. The fourth-order valence-electron chi connectivity index (χ4n) is 3.48. The molecule has 4 N–H and O–H groups in total. The lowest BCUT2D eigenvalue weighted by atomic mass is 9.84. The highest BCUT2D eigenvalue weighted by Gasteiger charge is 2.56. The molecule has 8 nitrogen and oxygen atoms in total. The van der Waals surface area contributed by atoms with Crippen LogP contribution in [-0.2, 0) is 10.3 Å². The Morgan fingerprint density at radius 2 is 2.00 bits per heavy atom. The summed E-state index contributed by atoms with van der Waals surface area (Å²) in [6.07, 6.45) is -2.46. The maximum absolute atomic E-state index is 14.6. The number of anilines is 2. The second-order valence-electron chi connectivity index (χ2n) is 7.84. The molecule has 1 saturated carbocycles. The number of hydrogen-bond donors (Lipinski definition) is 3. The van der Waals surface area contributed by atoms with Crippen LogP contribution in [0.4, 0.5) is 29.1 Å². The topological polar surface area (TPSA) is 115 Å². The Hall–Kier alpha value is -3.28. The number of nitrogens with one attached hydrogen (secondary N) is 2. The summed E-state index contributed by atoms with van der Waals surface area (Å²) in [5.41, 5.74) is 3.03. The van der Waals surface area contributed by atoms with Gasteiger partial charge < -0.3 is 21.1 Å². The van der Waals surface area contributed by atoms with E-state index < -0.39 is 41.7 Å². The van der Waals surface area contributed by atoms with Crippen molar-refractivity contribution in [1.29, 1.82) is 0 Å². The van der Waals surface area contributed by atoms with Gasteiger partial charge in [0.2, 0.25) is 0 Å². The first-order chi connectivity index (χ1) is 15.1. The average molecular weight is 452 g/mol. The maximum atomic E-state index is 14.6. The molecule has 1 aromatic heterocycles. The molecule has 1 amide bonds. The van der Waals surface area contributed by atoms with Gasteiger partial charge in [-0.05, 0) is 38.0 Å². The van der Waals surface area contributed by atoms with Crippen molar-refractivity contribution in [2.24, 2.45) is 10.7 Å². The van der Waals surface area contributed by atoms with Crippen LogP contribution in [0.3, 0.4) is 0 Å². The largest absolute Gasteiger partial charge is 0.417 e. The summed E-state index contributed by atoms with van der Waals surface area (Å²) in [6, 6.07) is 3.60. The normalized spacial score (nSPS) is 23.4. The lowest BCUT2D eigenvalue weighted by molar-refractivity contribution is -0.238. The Balaban J connectivity index is 1.59. The van der Waals surface area contributed by atoms with Crippen molar-refractivity contribution >= 4 is 23.2 Å². The van der Waals surface area contributed by atoms with Crippen LogP contribution in [0.5, 0.6) is 0 Å². The van der Waals surface area contributed by atoms with Gasteiger partial charge in [-0.15, -0.1) is 0 Å². The zero-order valence-corrected chi connectivity index (χ0v) is 16.9. The number of nitrogens with two attached hydrogens (primary N) is 1. The average Bonchev–Trinajstić information content (AvgIpc) is 3.52. The van der Waals surface area contributed by atoms with Gasteiger partial charge in [0.25, 0.3) is 5.91 Å². The van der Waals surface area contributed by atoms with E-state index in [-0.39, 0.29) is 17.2 Å². The van der Waals surface area contributed by atoms with Crippen LogP contribution in [0, 0.1) is 5.82 Å². The van der Waals surface area contributed by atoms with Gasteiger partial charge in [0.05, 0.1) is 12.4 Å². The Morgan fingerprint density at radius 3 is 2.62 bits per heavy atom. The molecule has 0 spiro atoms. The van der Waals surface area contributed by atoms with Crippen LogP contribution in [0.15, 0.2) is 35.6 Å². The third-order valence-electron chi connectivity index (χ3n) is 5.16. The van der Waals surface area contributed by atoms with Gasteiger partial charge in [-0.1, -0.05) is 0 Å². The van der Waals surface area contributed by atoms with Crippen LogP contribution in [0.2, 0.25) is 0 Å². The van der Waals surface area contributed by atoms with Crippen molar-refractivity contribution in [3.8, 4) is 0 Å². The Morgan fingerprint density at radius 1 is 1.25 bits per heavy atom. The summed E-state index contributed by atoms with van der Waals surface area (Å²) in [5.74, 6) is -1.27. The third-order valence-corrected chi connectivity index (χ3v) is 5.16. The molecule has 0 unspecified atom stereocenters. The molecule has 2 heterocycles. The summed E-state index contributed by atoms with van der Waals surface area (Å²) in [7, 11) is 0. The zero-order valence-electron chi connectivity index (χ0n) is 16.9. The van der Waals surface area contributed by atoms with Crippen molar-refractivity contribution in [2.75, 3.05) is 17.2 Å². The summed E-state index contributed by atoms with van der Waals surface area (Å²) >= 11 is 0. The summed E-state index contributed by atoms with van der Waals surface area (Å²) < 4.78 is 60.2. The van der Waals surface area contributed by atoms with Gasteiger partial charge >= 0.3 is 6.18 Å². The number of aromatic nitrogens is 2. The molecule has 1 aliphatic heterocycles. The van der Waals surface area contributed by atoms with Crippen molar-refractivity contribution in [3.63, 3.8) is 0 Å². The van der Waals surface area contributed by atoms with E-state index in [0.717, 1.165) is 31.9 Å². The van der Waals surface area contributed by atoms with Gasteiger partial charge in [-0.3, -0.25) is 9.79 Å². The molecule has 1 aliphatic carbocycles. The Kier molecular flexibility index (Phi) is 5.49. The molecular weight excluding hydrogens is 432 g/mol. The van der Waals surface area contributed by atoms with Crippen LogP contribution in [-0.4, -0.2) is 46.6 Å². The molecule has 170 valence electrons. The van der Waals surface area contributed by atoms with E-state index in [1.54, 1.807) is 0 Å². The van der Waals surface area contributed by atoms with E-state index in [0.29, 0.717) is 11.9 Å². The molecule has 12 heteroatoms. The first-order valence-electron chi connectivity index (χ1n) is 9.79. The highest BCUT2D eigenvalue weighted by molar-refractivity contribution is 6.02. The molecular formula is C20H20F4N6O2. The predicted molar refractivity (Wildman–Crippen MR) is 108 cm³/mol. The second-order valence-corrected chi connectivity index (χ2v) is 7.84. The van der Waals surface area contributed by atoms with Gasteiger partial charge in [-0.25, -0.2) is 14.4 Å². The maximum Gasteiger partial charge on any atom is 0.417 e. The van der Waals surface area contributed by atoms with Gasteiger partial charge in [-0.2, -0.15) is 13.2 Å². The minimum absolute atomic E-state index is 0.0140. The number of amides is 1. The van der Waals surface area contributed by atoms with E-state index in [1.807, 2.05) is 0 Å². The lowest BCUT2D eigenvalue weighted by Crippen LogP contribution is -2.53. The number of carbonyl (C=O) groups excluding carboxylic acids is 1.